The van der Waals surface area contributed by atoms with Gasteiger partial charge in [-0.15, -0.1) is 11.3 Å². The van der Waals surface area contributed by atoms with Crippen LogP contribution in [0.3, 0.4) is 0 Å². The Kier molecular flexibility index (Phi) is 4.47. The second-order valence-corrected chi connectivity index (χ2v) is 5.14. The van der Waals surface area contributed by atoms with Crippen molar-refractivity contribution in [3.8, 4) is 0 Å². The Balaban J connectivity index is 2.11. The van der Waals surface area contributed by atoms with E-state index in [1.165, 1.54) is 16.9 Å². The van der Waals surface area contributed by atoms with Gasteiger partial charge in [0.05, 0.1) is 10.6 Å². The highest BCUT2D eigenvalue weighted by Gasteiger charge is 2.06. The third-order valence-electron chi connectivity index (χ3n) is 2.76. The smallest absolute Gasteiger partial charge is 0.266 e. The lowest BCUT2D eigenvalue weighted by Gasteiger charge is -2.05. The van der Waals surface area contributed by atoms with Crippen molar-refractivity contribution in [2.75, 3.05) is 0 Å². The summed E-state index contributed by atoms with van der Waals surface area (Å²) in [4.78, 5) is 12.5. The van der Waals surface area contributed by atoms with Gasteiger partial charge in [0, 0.05) is 0 Å². The van der Waals surface area contributed by atoms with Crippen LogP contribution in [0, 0.1) is 6.92 Å². The van der Waals surface area contributed by atoms with Crippen molar-refractivity contribution >= 4 is 23.0 Å². The topological polar surface area (TPSA) is 41.5 Å². The molecule has 1 N–H and O–H groups in total. The van der Waals surface area contributed by atoms with Gasteiger partial charge in [-0.05, 0) is 30.4 Å². The lowest BCUT2D eigenvalue weighted by Crippen LogP contribution is -2.18. The summed E-state index contributed by atoms with van der Waals surface area (Å²) in [6.45, 7) is 4.07. The van der Waals surface area contributed by atoms with Gasteiger partial charge in [0.1, 0.15) is 0 Å². The van der Waals surface area contributed by atoms with Crippen molar-refractivity contribution in [1.82, 2.24) is 5.43 Å². The van der Waals surface area contributed by atoms with E-state index >= 15 is 0 Å². The number of nitrogens with one attached hydrogen (secondary N) is 1. The minimum absolute atomic E-state index is 0.159. The van der Waals surface area contributed by atoms with E-state index in [0.717, 1.165) is 17.7 Å². The number of benzene rings is 1. The molecule has 0 bridgehead atoms. The summed E-state index contributed by atoms with van der Waals surface area (Å²) >= 11 is 1.41. The normalized spacial score (nSPS) is 11.4. The van der Waals surface area contributed by atoms with E-state index in [2.05, 4.69) is 10.5 Å². The van der Waals surface area contributed by atoms with Gasteiger partial charge in [-0.3, -0.25) is 4.79 Å². The molecule has 1 heterocycles. The highest BCUT2D eigenvalue weighted by Crippen LogP contribution is 2.09. The van der Waals surface area contributed by atoms with Gasteiger partial charge in [0.2, 0.25) is 0 Å². The fourth-order valence-corrected chi connectivity index (χ4v) is 2.29. The van der Waals surface area contributed by atoms with E-state index in [1.807, 2.05) is 49.6 Å². The van der Waals surface area contributed by atoms with E-state index in [9.17, 15) is 4.79 Å². The molecule has 2 rings (SSSR count). The van der Waals surface area contributed by atoms with Gasteiger partial charge < -0.3 is 0 Å². The van der Waals surface area contributed by atoms with Crippen molar-refractivity contribution in [1.29, 1.82) is 0 Å². The summed E-state index contributed by atoms with van der Waals surface area (Å²) in [5, 5.41) is 6.10. The first-order valence-electron chi connectivity index (χ1n) is 6.18. The third kappa shape index (κ3) is 3.51. The zero-order chi connectivity index (χ0) is 13.7. The predicted molar refractivity (Wildman–Crippen MR) is 79.8 cm³/mol. The summed E-state index contributed by atoms with van der Waals surface area (Å²) in [6, 6.07) is 11.8. The Hall–Kier alpha value is -1.94. The molecule has 0 saturated carbocycles. The molecule has 4 heteroatoms. The molecule has 1 amide bonds. The average molecular weight is 272 g/mol. The molecule has 0 aliphatic heterocycles. The molecular weight excluding hydrogens is 256 g/mol. The van der Waals surface area contributed by atoms with Gasteiger partial charge in [0.25, 0.3) is 5.91 Å². The summed E-state index contributed by atoms with van der Waals surface area (Å²) < 4.78 is 0. The van der Waals surface area contributed by atoms with Gasteiger partial charge >= 0.3 is 0 Å². The number of nitrogens with zero attached hydrogens (tertiary/aromatic N) is 1. The number of amides is 1. The molecular formula is C15H16N2OS. The number of hydrogen-bond acceptors (Lipinski definition) is 3. The quantitative estimate of drug-likeness (QED) is 0.670. The molecule has 0 atom stereocenters. The summed E-state index contributed by atoms with van der Waals surface area (Å²) in [5.74, 6) is -0.159. The first-order valence-corrected chi connectivity index (χ1v) is 7.06. The lowest BCUT2D eigenvalue weighted by atomic mass is 10.1. The Morgan fingerprint density at radius 3 is 2.58 bits per heavy atom. The van der Waals surface area contributed by atoms with Crippen molar-refractivity contribution in [2.24, 2.45) is 5.10 Å². The average Bonchev–Trinajstić information content (AvgIpc) is 2.95. The van der Waals surface area contributed by atoms with Crippen LogP contribution in [0.25, 0.3) is 0 Å². The predicted octanol–water partition coefficient (Wildman–Crippen LogP) is 3.60. The highest BCUT2D eigenvalue weighted by molar-refractivity contribution is 7.12. The van der Waals surface area contributed by atoms with Crippen molar-refractivity contribution in [2.45, 2.75) is 20.3 Å². The molecule has 0 saturated heterocycles. The molecule has 0 fully saturated rings. The van der Waals surface area contributed by atoms with Crippen LogP contribution in [-0.4, -0.2) is 11.6 Å². The second kappa shape index (κ2) is 6.29. The number of carbonyl (C=O) groups excluding carboxylic acids is 1. The third-order valence-corrected chi connectivity index (χ3v) is 3.63. The molecule has 19 heavy (non-hydrogen) atoms. The fourth-order valence-electron chi connectivity index (χ4n) is 1.67. The molecule has 0 spiro atoms. The highest BCUT2D eigenvalue weighted by atomic mass is 32.1. The number of aryl methyl sites for hydroxylation is 1. The van der Waals surface area contributed by atoms with Crippen LogP contribution in [0.5, 0.6) is 0 Å². The Labute approximate surface area is 117 Å². The lowest BCUT2D eigenvalue weighted by molar-refractivity contribution is 0.0959. The second-order valence-electron chi connectivity index (χ2n) is 4.20. The number of hydrogen-bond donors (Lipinski definition) is 1. The van der Waals surface area contributed by atoms with Gasteiger partial charge in [0.15, 0.2) is 0 Å². The van der Waals surface area contributed by atoms with Crippen LogP contribution in [0.4, 0.5) is 0 Å². The maximum absolute atomic E-state index is 11.8. The molecule has 2 aromatic rings. The van der Waals surface area contributed by atoms with E-state index in [0.29, 0.717) is 4.88 Å². The summed E-state index contributed by atoms with van der Waals surface area (Å²) in [5.41, 5.74) is 5.74. The van der Waals surface area contributed by atoms with Gasteiger partial charge in [-0.25, -0.2) is 5.43 Å². The first kappa shape index (κ1) is 13.5. The molecule has 1 aromatic carbocycles. The minimum Gasteiger partial charge on any atom is -0.266 e. The van der Waals surface area contributed by atoms with Gasteiger partial charge in [-0.2, -0.15) is 5.10 Å². The molecule has 0 unspecified atom stereocenters. The molecule has 0 radical (unpaired) electrons. The Morgan fingerprint density at radius 1 is 1.26 bits per heavy atom. The number of rotatable bonds is 4. The number of hydrazone groups is 1. The molecule has 98 valence electrons. The van der Waals surface area contributed by atoms with Crippen LogP contribution in [-0.2, 0) is 0 Å². The number of thiophene rings is 1. The van der Waals surface area contributed by atoms with Crippen LogP contribution in [0.15, 0.2) is 46.9 Å². The maximum atomic E-state index is 11.8. The molecule has 0 aliphatic rings. The van der Waals surface area contributed by atoms with E-state index in [1.54, 1.807) is 6.07 Å². The first-order chi connectivity index (χ1) is 9.20. The van der Waals surface area contributed by atoms with Crippen LogP contribution in [0.2, 0.25) is 0 Å². The van der Waals surface area contributed by atoms with E-state index in [4.69, 9.17) is 0 Å². The maximum Gasteiger partial charge on any atom is 0.281 e. The van der Waals surface area contributed by atoms with Crippen LogP contribution < -0.4 is 5.43 Å². The molecule has 0 aliphatic carbocycles. The number of carbonyl (C=O) groups is 1. The van der Waals surface area contributed by atoms with E-state index in [-0.39, 0.29) is 5.91 Å². The zero-order valence-electron chi connectivity index (χ0n) is 11.0. The fraction of sp³-hybridized carbons (Fsp3) is 0.200. The monoisotopic (exact) mass is 272 g/mol. The van der Waals surface area contributed by atoms with Gasteiger partial charge in [-0.1, -0.05) is 42.8 Å². The van der Waals surface area contributed by atoms with Crippen LogP contribution >= 0.6 is 11.3 Å². The Morgan fingerprint density at radius 2 is 2.00 bits per heavy atom. The Bertz CT molecular complexity index is 571. The zero-order valence-corrected chi connectivity index (χ0v) is 11.8. The SMILES string of the molecule is CCC(=NNC(=O)c1cccs1)c1ccc(C)cc1. The molecule has 3 nitrogen and oxygen atoms in total. The van der Waals surface area contributed by atoms with Crippen molar-refractivity contribution < 1.29 is 4.79 Å². The largest absolute Gasteiger partial charge is 0.281 e. The molecule has 1 aromatic heterocycles. The standard InChI is InChI=1S/C15H16N2OS/c1-3-13(12-8-6-11(2)7-9-12)16-17-15(18)14-5-4-10-19-14/h4-10H,3H2,1-2H3,(H,17,18). The van der Waals surface area contributed by atoms with Crippen molar-refractivity contribution in [3.05, 3.63) is 57.8 Å². The summed E-state index contributed by atoms with van der Waals surface area (Å²) in [6.07, 6.45) is 0.772. The summed E-state index contributed by atoms with van der Waals surface area (Å²) in [7, 11) is 0. The minimum atomic E-state index is -0.159. The van der Waals surface area contributed by atoms with Crippen molar-refractivity contribution in [3.63, 3.8) is 0 Å². The van der Waals surface area contributed by atoms with E-state index < -0.39 is 0 Å². The van der Waals surface area contributed by atoms with Crippen LogP contribution in [0.1, 0.15) is 34.1 Å².